The average molecular weight is 364 g/mol. The molecule has 146 valence electrons. The molecular weight excluding hydrogens is 332 g/mol. The Morgan fingerprint density at radius 3 is 3.04 bits per heavy atom. The van der Waals surface area contributed by atoms with E-state index in [0.717, 1.165) is 76.7 Å². The molecule has 26 heavy (non-hydrogen) atoms. The number of hydrogen-bond donors (Lipinski definition) is 1. The summed E-state index contributed by atoms with van der Waals surface area (Å²) in [7, 11) is 1.76. The fourth-order valence-corrected chi connectivity index (χ4v) is 3.82. The number of hydrogen-bond acceptors (Lipinski definition) is 4. The van der Waals surface area contributed by atoms with Gasteiger partial charge in [0.15, 0.2) is 5.96 Å². The summed E-state index contributed by atoms with van der Waals surface area (Å²) in [5.41, 5.74) is 0.0394. The molecular formula is C18H32N6O2. The number of guanidine groups is 1. The largest absolute Gasteiger partial charge is 0.384 e. The van der Waals surface area contributed by atoms with E-state index in [0.29, 0.717) is 19.0 Å². The van der Waals surface area contributed by atoms with Gasteiger partial charge in [0.05, 0.1) is 6.61 Å². The molecule has 0 radical (unpaired) electrons. The highest BCUT2D eigenvalue weighted by Crippen LogP contribution is 2.16. The van der Waals surface area contributed by atoms with Crippen molar-refractivity contribution in [2.75, 3.05) is 39.9 Å². The van der Waals surface area contributed by atoms with Crippen LogP contribution in [0.4, 0.5) is 0 Å². The van der Waals surface area contributed by atoms with Crippen molar-refractivity contribution in [1.82, 2.24) is 24.6 Å². The molecule has 1 N–H and O–H groups in total. The van der Waals surface area contributed by atoms with E-state index in [9.17, 15) is 4.79 Å². The van der Waals surface area contributed by atoms with Crippen LogP contribution in [0.5, 0.6) is 0 Å². The Morgan fingerprint density at radius 1 is 1.38 bits per heavy atom. The van der Waals surface area contributed by atoms with Gasteiger partial charge in [0.2, 0.25) is 0 Å². The third-order valence-corrected chi connectivity index (χ3v) is 5.14. The number of aromatic nitrogens is 3. The second kappa shape index (κ2) is 9.21. The fourth-order valence-electron chi connectivity index (χ4n) is 3.82. The summed E-state index contributed by atoms with van der Waals surface area (Å²) < 4.78 is 8.73. The third kappa shape index (κ3) is 4.47. The minimum atomic E-state index is 0.0394. The normalized spacial score (nSPS) is 20.5. The number of ether oxygens (including phenoxy) is 1. The topological polar surface area (TPSA) is 76.7 Å². The van der Waals surface area contributed by atoms with Crippen molar-refractivity contribution < 1.29 is 4.74 Å². The zero-order valence-electron chi connectivity index (χ0n) is 16.1. The predicted octanol–water partition coefficient (Wildman–Crippen LogP) is 0.705. The number of methoxy groups -OCH3 is 1. The van der Waals surface area contributed by atoms with Gasteiger partial charge in [-0.05, 0) is 32.6 Å². The van der Waals surface area contributed by atoms with Crippen molar-refractivity contribution in [2.24, 2.45) is 10.9 Å². The summed E-state index contributed by atoms with van der Waals surface area (Å²) in [6, 6.07) is 0. The lowest BCUT2D eigenvalue weighted by Crippen LogP contribution is -2.40. The SMILES string of the molecule is CCNC(=NCCCn1nc2n(c1=O)CCCC2)N1CCC(COC)C1. The molecule has 0 aromatic carbocycles. The van der Waals surface area contributed by atoms with Crippen molar-refractivity contribution in [1.29, 1.82) is 0 Å². The van der Waals surface area contributed by atoms with Gasteiger partial charge in [0.1, 0.15) is 5.82 Å². The first-order valence-corrected chi connectivity index (χ1v) is 9.91. The van der Waals surface area contributed by atoms with Gasteiger partial charge in [-0.25, -0.2) is 9.48 Å². The second-order valence-corrected chi connectivity index (χ2v) is 7.18. The molecule has 2 aliphatic rings. The molecule has 1 unspecified atom stereocenters. The summed E-state index contributed by atoms with van der Waals surface area (Å²) in [5.74, 6) is 2.50. The number of rotatable bonds is 7. The fraction of sp³-hybridized carbons (Fsp3) is 0.833. The molecule has 1 fully saturated rings. The molecule has 0 spiro atoms. The minimum Gasteiger partial charge on any atom is -0.384 e. The van der Waals surface area contributed by atoms with Crippen molar-refractivity contribution >= 4 is 5.96 Å². The molecule has 1 saturated heterocycles. The van der Waals surface area contributed by atoms with Gasteiger partial charge < -0.3 is 15.0 Å². The lowest BCUT2D eigenvalue weighted by atomic mass is 10.1. The molecule has 0 amide bonds. The van der Waals surface area contributed by atoms with Gasteiger partial charge in [0.25, 0.3) is 0 Å². The van der Waals surface area contributed by atoms with Crippen LogP contribution in [-0.2, 0) is 24.2 Å². The number of fused-ring (bicyclic) bond motifs is 1. The van der Waals surface area contributed by atoms with Crippen LogP contribution in [0.25, 0.3) is 0 Å². The van der Waals surface area contributed by atoms with Crippen LogP contribution in [0.3, 0.4) is 0 Å². The van der Waals surface area contributed by atoms with Crippen molar-refractivity contribution in [3.05, 3.63) is 16.3 Å². The zero-order valence-corrected chi connectivity index (χ0v) is 16.1. The first kappa shape index (κ1) is 18.9. The molecule has 3 rings (SSSR count). The van der Waals surface area contributed by atoms with E-state index >= 15 is 0 Å². The standard InChI is InChI=1S/C18H32N6O2/c1-3-19-17(22-12-8-15(13-22)14-26-2)20-9-6-11-24-18(25)23-10-5-4-7-16(23)21-24/h15H,3-14H2,1-2H3,(H,19,20). The quantitative estimate of drug-likeness (QED) is 0.438. The summed E-state index contributed by atoms with van der Waals surface area (Å²) in [5, 5.41) is 7.87. The number of aryl methyl sites for hydroxylation is 2. The maximum Gasteiger partial charge on any atom is 0.345 e. The third-order valence-electron chi connectivity index (χ3n) is 5.14. The molecule has 8 nitrogen and oxygen atoms in total. The molecule has 8 heteroatoms. The zero-order chi connectivity index (χ0) is 18.4. The number of likely N-dealkylation sites (tertiary alicyclic amines) is 1. The average Bonchev–Trinajstić information content (AvgIpc) is 3.23. The lowest BCUT2D eigenvalue weighted by molar-refractivity contribution is 0.157. The van der Waals surface area contributed by atoms with Crippen LogP contribution in [0.2, 0.25) is 0 Å². The highest BCUT2D eigenvalue weighted by atomic mass is 16.5. The van der Waals surface area contributed by atoms with E-state index in [1.165, 1.54) is 0 Å². The van der Waals surface area contributed by atoms with Gasteiger partial charge in [-0.1, -0.05) is 0 Å². The summed E-state index contributed by atoms with van der Waals surface area (Å²) in [4.78, 5) is 19.4. The molecule has 1 aromatic rings. The second-order valence-electron chi connectivity index (χ2n) is 7.18. The van der Waals surface area contributed by atoms with E-state index in [1.807, 2.05) is 4.57 Å². The van der Waals surface area contributed by atoms with Crippen LogP contribution in [0.15, 0.2) is 9.79 Å². The first-order chi connectivity index (χ1) is 12.7. The molecule has 0 saturated carbocycles. The Kier molecular flexibility index (Phi) is 6.71. The van der Waals surface area contributed by atoms with Crippen molar-refractivity contribution in [2.45, 2.75) is 52.1 Å². The number of aliphatic imine (C=N–C) groups is 1. The summed E-state index contributed by atoms with van der Waals surface area (Å²) >= 11 is 0. The Labute approximate surface area is 155 Å². The van der Waals surface area contributed by atoms with Crippen LogP contribution in [0.1, 0.15) is 38.4 Å². The number of nitrogens with one attached hydrogen (secondary N) is 1. The minimum absolute atomic E-state index is 0.0394. The summed E-state index contributed by atoms with van der Waals surface area (Å²) in [6.07, 6.45) is 5.10. The van der Waals surface area contributed by atoms with Gasteiger partial charge in [-0.3, -0.25) is 9.56 Å². The Bertz CT molecular complexity index is 665. The molecule has 1 atom stereocenters. The van der Waals surface area contributed by atoms with E-state index in [2.05, 4.69) is 22.2 Å². The van der Waals surface area contributed by atoms with Crippen LogP contribution >= 0.6 is 0 Å². The molecule has 0 bridgehead atoms. The van der Waals surface area contributed by atoms with E-state index in [-0.39, 0.29) is 5.69 Å². The maximum atomic E-state index is 12.3. The Morgan fingerprint density at radius 2 is 2.27 bits per heavy atom. The van der Waals surface area contributed by atoms with E-state index in [1.54, 1.807) is 11.8 Å². The maximum absolute atomic E-state index is 12.3. The molecule has 3 heterocycles. The van der Waals surface area contributed by atoms with Gasteiger partial charge in [0, 0.05) is 58.7 Å². The van der Waals surface area contributed by atoms with Crippen LogP contribution < -0.4 is 11.0 Å². The van der Waals surface area contributed by atoms with Gasteiger partial charge >= 0.3 is 5.69 Å². The van der Waals surface area contributed by atoms with Crippen molar-refractivity contribution in [3.8, 4) is 0 Å². The van der Waals surface area contributed by atoms with Crippen LogP contribution in [-0.4, -0.2) is 65.1 Å². The smallest absolute Gasteiger partial charge is 0.345 e. The lowest BCUT2D eigenvalue weighted by Gasteiger charge is -2.21. The highest BCUT2D eigenvalue weighted by Gasteiger charge is 2.24. The van der Waals surface area contributed by atoms with Crippen LogP contribution in [0, 0.1) is 5.92 Å². The Hall–Kier alpha value is -1.83. The first-order valence-electron chi connectivity index (χ1n) is 9.91. The van der Waals surface area contributed by atoms with Gasteiger partial charge in [-0.2, -0.15) is 5.10 Å². The summed E-state index contributed by atoms with van der Waals surface area (Å²) in [6.45, 7) is 7.92. The number of nitrogens with zero attached hydrogens (tertiary/aromatic N) is 5. The van der Waals surface area contributed by atoms with E-state index < -0.39 is 0 Å². The van der Waals surface area contributed by atoms with Gasteiger partial charge in [-0.15, -0.1) is 0 Å². The van der Waals surface area contributed by atoms with Crippen molar-refractivity contribution in [3.63, 3.8) is 0 Å². The monoisotopic (exact) mass is 364 g/mol. The molecule has 1 aromatic heterocycles. The molecule has 2 aliphatic heterocycles. The van der Waals surface area contributed by atoms with E-state index in [4.69, 9.17) is 9.73 Å². The highest BCUT2D eigenvalue weighted by molar-refractivity contribution is 5.80. The Balaban J connectivity index is 1.53. The predicted molar refractivity (Wildman–Crippen MR) is 102 cm³/mol. The molecule has 0 aliphatic carbocycles.